The summed E-state index contributed by atoms with van der Waals surface area (Å²) in [5.74, 6) is -0.833. The Balaban J connectivity index is 2.41. The molecular weight excluding hydrogens is 229 g/mol. The summed E-state index contributed by atoms with van der Waals surface area (Å²) in [4.78, 5) is 23.4. The number of hydrogen-bond donors (Lipinski definition) is 1. The SMILES string of the molecule is COc1ccc(C2C(=O)N(C)N[N+]2=O)c(F)c1. The smallest absolute Gasteiger partial charge is 0.342 e. The monoisotopic (exact) mass is 240 g/mol. The summed E-state index contributed by atoms with van der Waals surface area (Å²) >= 11 is 0. The van der Waals surface area contributed by atoms with Crippen LogP contribution >= 0.6 is 0 Å². The number of nitroso groups, excluding NO2 is 1. The van der Waals surface area contributed by atoms with Crippen LogP contribution in [0.4, 0.5) is 4.39 Å². The van der Waals surface area contributed by atoms with Gasteiger partial charge in [-0.25, -0.2) is 9.40 Å². The van der Waals surface area contributed by atoms with E-state index in [0.29, 0.717) is 10.6 Å². The molecule has 1 N–H and O–H groups in total. The number of amides is 1. The van der Waals surface area contributed by atoms with Gasteiger partial charge in [0.15, 0.2) is 4.87 Å². The first-order valence-electron chi connectivity index (χ1n) is 4.88. The molecule has 0 radical (unpaired) electrons. The highest BCUT2D eigenvalue weighted by atomic mass is 19.1. The minimum absolute atomic E-state index is 0.0163. The second-order valence-corrected chi connectivity index (χ2v) is 3.61. The molecule has 0 bridgehead atoms. The maximum absolute atomic E-state index is 13.7. The third-order valence-electron chi connectivity index (χ3n) is 2.55. The third kappa shape index (κ3) is 1.79. The molecule has 1 aliphatic rings. The fraction of sp³-hybridized carbons (Fsp3) is 0.300. The molecule has 6 nitrogen and oxygen atoms in total. The van der Waals surface area contributed by atoms with Crippen molar-refractivity contribution in [2.45, 2.75) is 6.04 Å². The predicted molar refractivity (Wildman–Crippen MR) is 55.2 cm³/mol. The first kappa shape index (κ1) is 11.3. The van der Waals surface area contributed by atoms with Gasteiger partial charge in [0.25, 0.3) is 0 Å². The van der Waals surface area contributed by atoms with Gasteiger partial charge in [-0.2, -0.15) is 0 Å². The second-order valence-electron chi connectivity index (χ2n) is 3.61. The van der Waals surface area contributed by atoms with Crippen molar-refractivity contribution in [2.75, 3.05) is 14.2 Å². The van der Waals surface area contributed by atoms with Gasteiger partial charge in [-0.15, -0.1) is 0 Å². The normalized spacial score (nSPS) is 19.5. The molecule has 0 aliphatic carbocycles. The van der Waals surface area contributed by atoms with Crippen molar-refractivity contribution < 1.29 is 18.8 Å². The molecule has 7 heteroatoms. The van der Waals surface area contributed by atoms with Crippen LogP contribution in [-0.2, 0) is 4.79 Å². The summed E-state index contributed by atoms with van der Waals surface area (Å²) in [5, 5.41) is 1.02. The number of likely N-dealkylation sites (N-methyl/N-ethyl adjacent to an activating group) is 1. The highest BCUT2D eigenvalue weighted by Gasteiger charge is 2.48. The van der Waals surface area contributed by atoms with Gasteiger partial charge in [-0.1, -0.05) is 5.53 Å². The van der Waals surface area contributed by atoms with Crippen molar-refractivity contribution in [2.24, 2.45) is 0 Å². The predicted octanol–water partition coefficient (Wildman–Crippen LogP) is 0.546. The molecule has 0 saturated carbocycles. The minimum atomic E-state index is -1.20. The Kier molecular flexibility index (Phi) is 2.66. The lowest BCUT2D eigenvalue weighted by atomic mass is 10.1. The van der Waals surface area contributed by atoms with E-state index in [0.717, 1.165) is 11.1 Å². The molecule has 1 saturated heterocycles. The van der Waals surface area contributed by atoms with E-state index in [9.17, 15) is 14.1 Å². The van der Waals surface area contributed by atoms with Crippen molar-refractivity contribution in [1.82, 2.24) is 10.5 Å². The van der Waals surface area contributed by atoms with Gasteiger partial charge >= 0.3 is 11.9 Å². The van der Waals surface area contributed by atoms with Crippen LogP contribution in [0.3, 0.4) is 0 Å². The van der Waals surface area contributed by atoms with Crippen LogP contribution < -0.4 is 10.3 Å². The van der Waals surface area contributed by atoms with Gasteiger partial charge in [-0.05, 0) is 12.1 Å². The molecule has 1 atom stereocenters. The van der Waals surface area contributed by atoms with Crippen LogP contribution in [0, 0.1) is 10.7 Å². The number of benzene rings is 1. The number of methoxy groups -OCH3 is 1. The van der Waals surface area contributed by atoms with Crippen molar-refractivity contribution in [3.8, 4) is 5.75 Å². The molecule has 1 heterocycles. The molecule has 2 rings (SSSR count). The van der Waals surface area contributed by atoms with Gasteiger partial charge in [0.05, 0.1) is 17.6 Å². The molecular formula is C10H11FN3O3+. The number of nitrogens with zero attached hydrogens (tertiary/aromatic N) is 2. The molecule has 1 fully saturated rings. The molecule has 1 aromatic rings. The fourth-order valence-electron chi connectivity index (χ4n) is 1.65. The van der Waals surface area contributed by atoms with E-state index < -0.39 is 17.8 Å². The van der Waals surface area contributed by atoms with Crippen LogP contribution in [-0.4, -0.2) is 29.9 Å². The number of nitrogens with one attached hydrogen (secondary N) is 1. The topological polar surface area (TPSA) is 61.6 Å². The van der Waals surface area contributed by atoms with Crippen molar-refractivity contribution in [3.05, 3.63) is 34.5 Å². The van der Waals surface area contributed by atoms with E-state index >= 15 is 0 Å². The highest BCUT2D eigenvalue weighted by Crippen LogP contribution is 2.27. The number of halogens is 1. The average Bonchev–Trinajstić information content (AvgIpc) is 2.54. The van der Waals surface area contributed by atoms with E-state index in [1.54, 1.807) is 0 Å². The summed E-state index contributed by atoms with van der Waals surface area (Å²) in [5.41, 5.74) is 2.25. The van der Waals surface area contributed by atoms with Gasteiger partial charge in [0, 0.05) is 13.1 Å². The van der Waals surface area contributed by atoms with Gasteiger partial charge < -0.3 is 4.74 Å². The summed E-state index contributed by atoms with van der Waals surface area (Å²) < 4.78 is 18.6. The zero-order valence-electron chi connectivity index (χ0n) is 9.31. The van der Waals surface area contributed by atoms with Crippen molar-refractivity contribution >= 4 is 5.91 Å². The summed E-state index contributed by atoms with van der Waals surface area (Å²) in [6, 6.07) is 2.79. The Bertz CT molecular complexity index is 492. The van der Waals surface area contributed by atoms with Crippen LogP contribution in [0.1, 0.15) is 11.6 Å². The maximum Gasteiger partial charge on any atom is 0.342 e. The van der Waals surface area contributed by atoms with Crippen LogP contribution in [0.5, 0.6) is 5.75 Å². The first-order valence-corrected chi connectivity index (χ1v) is 4.88. The number of hydrazine groups is 2. The maximum atomic E-state index is 13.7. The number of hydrogen-bond acceptors (Lipinski definition) is 3. The Morgan fingerprint density at radius 1 is 1.53 bits per heavy atom. The zero-order valence-corrected chi connectivity index (χ0v) is 9.31. The van der Waals surface area contributed by atoms with Crippen LogP contribution in [0.25, 0.3) is 0 Å². The largest absolute Gasteiger partial charge is 0.497 e. The number of rotatable bonds is 2. The van der Waals surface area contributed by atoms with E-state index in [2.05, 4.69) is 5.53 Å². The summed E-state index contributed by atoms with van der Waals surface area (Å²) in [6.45, 7) is 0. The zero-order chi connectivity index (χ0) is 12.6. The van der Waals surface area contributed by atoms with Gasteiger partial charge in [0.1, 0.15) is 11.6 Å². The quantitative estimate of drug-likeness (QED) is 0.767. The summed E-state index contributed by atoms with van der Waals surface area (Å²) in [6.07, 6.45) is 0. The number of carbonyl (C=O) groups is 1. The highest BCUT2D eigenvalue weighted by molar-refractivity contribution is 5.82. The van der Waals surface area contributed by atoms with Crippen LogP contribution in [0.2, 0.25) is 0 Å². The molecule has 1 amide bonds. The molecule has 1 aromatic carbocycles. The third-order valence-corrected chi connectivity index (χ3v) is 2.55. The molecule has 0 spiro atoms. The Morgan fingerprint density at radius 2 is 2.24 bits per heavy atom. The lowest BCUT2D eigenvalue weighted by Crippen LogP contribution is -2.31. The number of ether oxygens (including phenoxy) is 1. The Morgan fingerprint density at radius 3 is 2.71 bits per heavy atom. The van der Waals surface area contributed by atoms with Gasteiger partial charge in [0.2, 0.25) is 0 Å². The fourth-order valence-corrected chi connectivity index (χ4v) is 1.65. The average molecular weight is 240 g/mol. The van der Waals surface area contributed by atoms with E-state index in [1.165, 1.54) is 26.3 Å². The summed E-state index contributed by atoms with van der Waals surface area (Å²) in [7, 11) is 2.80. The van der Waals surface area contributed by atoms with E-state index in [1.807, 2.05) is 0 Å². The minimum Gasteiger partial charge on any atom is -0.497 e. The van der Waals surface area contributed by atoms with Crippen molar-refractivity contribution in [3.63, 3.8) is 0 Å². The molecule has 17 heavy (non-hydrogen) atoms. The standard InChI is InChI=1S/C10H11FN3O3/c1-13-10(15)9(14(16)12-13)7-4-3-6(17-2)5-8(7)11/h3-5,9H,1-2H3,(H,12,16)/q+1. The molecule has 90 valence electrons. The van der Waals surface area contributed by atoms with E-state index in [4.69, 9.17) is 4.74 Å². The van der Waals surface area contributed by atoms with Crippen LogP contribution in [0.15, 0.2) is 18.2 Å². The Labute approximate surface area is 96.5 Å². The van der Waals surface area contributed by atoms with Crippen molar-refractivity contribution in [1.29, 1.82) is 0 Å². The second kappa shape index (κ2) is 4.00. The molecule has 1 aliphatic heterocycles. The van der Waals surface area contributed by atoms with E-state index in [-0.39, 0.29) is 5.56 Å². The number of carbonyl (C=O) groups excluding carboxylic acids is 1. The lowest BCUT2D eigenvalue weighted by Gasteiger charge is -2.04. The first-order chi connectivity index (χ1) is 8.04. The lowest BCUT2D eigenvalue weighted by molar-refractivity contribution is -0.634. The Hall–Kier alpha value is -2.18. The molecule has 1 unspecified atom stereocenters. The van der Waals surface area contributed by atoms with Gasteiger partial charge in [-0.3, -0.25) is 4.79 Å². The molecule has 0 aromatic heterocycles.